The minimum Gasteiger partial charge on any atom is -0.367 e. The molecular weight excluding hydrogens is 144 g/mol. The van der Waals surface area contributed by atoms with Crippen LogP contribution in [0.4, 0.5) is 0 Å². The van der Waals surface area contributed by atoms with Crippen molar-refractivity contribution in [3.8, 4) is 0 Å². The molecule has 11 heavy (non-hydrogen) atoms. The fraction of sp³-hybridized carbons (Fsp3) is 1.00. The molecule has 2 fully saturated rings. The van der Waals surface area contributed by atoms with Crippen molar-refractivity contribution in [3.63, 3.8) is 0 Å². The molecule has 0 aromatic carbocycles. The van der Waals surface area contributed by atoms with Crippen LogP contribution in [-0.4, -0.2) is 29.7 Å². The first-order valence-corrected chi connectivity index (χ1v) is 4.17. The van der Waals surface area contributed by atoms with Crippen LogP contribution in [0.2, 0.25) is 0 Å². The van der Waals surface area contributed by atoms with E-state index < -0.39 is 6.29 Å². The molecule has 2 bridgehead atoms. The van der Waals surface area contributed by atoms with E-state index in [1.807, 2.05) is 6.92 Å². The third kappa shape index (κ3) is 1.08. The molecule has 5 atom stereocenters. The van der Waals surface area contributed by atoms with E-state index in [2.05, 4.69) is 6.92 Å². The van der Waals surface area contributed by atoms with Gasteiger partial charge in [-0.25, -0.2) is 0 Å². The SMILES string of the molecule is CC1CC2OC1C(C)OC2O. The Kier molecular flexibility index (Phi) is 1.67. The lowest BCUT2D eigenvalue weighted by molar-refractivity contribution is -0.258. The monoisotopic (exact) mass is 158 g/mol. The topological polar surface area (TPSA) is 38.7 Å². The number of aliphatic hydroxyl groups is 1. The van der Waals surface area contributed by atoms with Gasteiger partial charge < -0.3 is 14.6 Å². The van der Waals surface area contributed by atoms with Gasteiger partial charge in [-0.2, -0.15) is 0 Å². The van der Waals surface area contributed by atoms with E-state index in [0.717, 1.165) is 6.42 Å². The normalized spacial score (nSPS) is 56.5. The largest absolute Gasteiger partial charge is 0.367 e. The number of ether oxygens (including phenoxy) is 2. The van der Waals surface area contributed by atoms with Gasteiger partial charge in [0.2, 0.25) is 0 Å². The van der Waals surface area contributed by atoms with Crippen LogP contribution in [0, 0.1) is 5.92 Å². The van der Waals surface area contributed by atoms with E-state index >= 15 is 0 Å². The average molecular weight is 158 g/mol. The summed E-state index contributed by atoms with van der Waals surface area (Å²) in [6, 6.07) is 0. The minimum absolute atomic E-state index is 0.0405. The standard InChI is InChI=1S/C8H14O3/c1-4-3-6-8(9)10-5(2)7(4)11-6/h4-9H,3H2,1-2H3. The van der Waals surface area contributed by atoms with Gasteiger partial charge in [0.15, 0.2) is 6.29 Å². The number of fused-ring (bicyclic) bond motifs is 2. The van der Waals surface area contributed by atoms with Gasteiger partial charge in [0, 0.05) is 0 Å². The van der Waals surface area contributed by atoms with Crippen molar-refractivity contribution in [1.82, 2.24) is 0 Å². The predicted molar refractivity (Wildman–Crippen MR) is 39.0 cm³/mol. The molecular formula is C8H14O3. The van der Waals surface area contributed by atoms with Gasteiger partial charge >= 0.3 is 0 Å². The smallest absolute Gasteiger partial charge is 0.181 e. The summed E-state index contributed by atoms with van der Waals surface area (Å²) in [7, 11) is 0. The Morgan fingerprint density at radius 3 is 2.73 bits per heavy atom. The van der Waals surface area contributed by atoms with Crippen molar-refractivity contribution < 1.29 is 14.6 Å². The molecule has 0 saturated carbocycles. The van der Waals surface area contributed by atoms with Crippen LogP contribution < -0.4 is 0 Å². The summed E-state index contributed by atoms with van der Waals surface area (Å²) in [5, 5.41) is 9.34. The summed E-state index contributed by atoms with van der Waals surface area (Å²) >= 11 is 0. The van der Waals surface area contributed by atoms with E-state index in [0.29, 0.717) is 5.92 Å². The maximum absolute atomic E-state index is 9.34. The molecule has 0 amide bonds. The molecule has 2 saturated heterocycles. The Bertz CT molecular complexity index is 157. The number of rotatable bonds is 0. The van der Waals surface area contributed by atoms with E-state index in [1.54, 1.807) is 0 Å². The van der Waals surface area contributed by atoms with E-state index in [9.17, 15) is 5.11 Å². The molecule has 0 aliphatic carbocycles. The van der Waals surface area contributed by atoms with E-state index in [4.69, 9.17) is 9.47 Å². The van der Waals surface area contributed by atoms with Gasteiger partial charge in [0.25, 0.3) is 0 Å². The minimum atomic E-state index is -0.703. The highest BCUT2D eigenvalue weighted by Crippen LogP contribution is 2.35. The van der Waals surface area contributed by atoms with Crippen molar-refractivity contribution in [2.75, 3.05) is 0 Å². The van der Waals surface area contributed by atoms with Crippen LogP contribution in [0.15, 0.2) is 0 Å². The third-order valence-corrected chi connectivity index (χ3v) is 2.63. The van der Waals surface area contributed by atoms with E-state index in [-0.39, 0.29) is 18.3 Å². The molecule has 0 radical (unpaired) electrons. The first-order chi connectivity index (χ1) is 5.18. The molecule has 3 heteroatoms. The molecule has 0 aromatic rings. The molecule has 3 nitrogen and oxygen atoms in total. The highest BCUT2D eigenvalue weighted by molar-refractivity contribution is 4.89. The van der Waals surface area contributed by atoms with Gasteiger partial charge in [-0.1, -0.05) is 6.92 Å². The second kappa shape index (κ2) is 2.44. The summed E-state index contributed by atoms with van der Waals surface area (Å²) < 4.78 is 10.8. The Morgan fingerprint density at radius 1 is 1.27 bits per heavy atom. The highest BCUT2D eigenvalue weighted by Gasteiger charge is 2.45. The fourth-order valence-corrected chi connectivity index (χ4v) is 2.03. The Balaban J connectivity index is 2.13. The summed E-state index contributed by atoms with van der Waals surface area (Å²) in [4.78, 5) is 0. The second-order valence-electron chi connectivity index (χ2n) is 3.58. The number of aliphatic hydroxyl groups excluding tert-OH is 1. The van der Waals surface area contributed by atoms with Gasteiger partial charge in [0.05, 0.1) is 12.2 Å². The summed E-state index contributed by atoms with van der Waals surface area (Å²) in [6.07, 6.45) is 0.385. The lowest BCUT2D eigenvalue weighted by Gasteiger charge is -2.31. The fourth-order valence-electron chi connectivity index (χ4n) is 2.03. The maximum Gasteiger partial charge on any atom is 0.181 e. The number of hydrogen-bond acceptors (Lipinski definition) is 3. The molecule has 2 rings (SSSR count). The van der Waals surface area contributed by atoms with Crippen molar-refractivity contribution in [1.29, 1.82) is 0 Å². The first-order valence-electron chi connectivity index (χ1n) is 4.17. The molecule has 2 aliphatic heterocycles. The first kappa shape index (κ1) is 7.53. The lowest BCUT2D eigenvalue weighted by atomic mass is 10.00. The van der Waals surface area contributed by atoms with Crippen molar-refractivity contribution in [2.24, 2.45) is 5.92 Å². The molecule has 0 spiro atoms. The quantitative estimate of drug-likeness (QED) is 0.558. The van der Waals surface area contributed by atoms with Gasteiger partial charge in [-0.3, -0.25) is 0 Å². The van der Waals surface area contributed by atoms with Crippen LogP contribution in [-0.2, 0) is 9.47 Å². The van der Waals surface area contributed by atoms with E-state index in [1.165, 1.54) is 0 Å². The van der Waals surface area contributed by atoms with Crippen LogP contribution >= 0.6 is 0 Å². The summed E-state index contributed by atoms with van der Waals surface area (Å²) in [5.41, 5.74) is 0. The van der Waals surface area contributed by atoms with Crippen LogP contribution in [0.3, 0.4) is 0 Å². The van der Waals surface area contributed by atoms with Crippen molar-refractivity contribution >= 4 is 0 Å². The predicted octanol–water partition coefficient (Wildman–Crippen LogP) is 0.517. The molecule has 1 N–H and O–H groups in total. The van der Waals surface area contributed by atoms with Gasteiger partial charge in [-0.15, -0.1) is 0 Å². The van der Waals surface area contributed by atoms with Crippen LogP contribution in [0.1, 0.15) is 20.3 Å². The maximum atomic E-state index is 9.34. The third-order valence-electron chi connectivity index (χ3n) is 2.63. The van der Waals surface area contributed by atoms with Crippen LogP contribution in [0.5, 0.6) is 0 Å². The van der Waals surface area contributed by atoms with Crippen molar-refractivity contribution in [3.05, 3.63) is 0 Å². The van der Waals surface area contributed by atoms with Gasteiger partial charge in [0.1, 0.15) is 6.10 Å². The zero-order chi connectivity index (χ0) is 8.01. The lowest BCUT2D eigenvalue weighted by Crippen LogP contribution is -2.42. The van der Waals surface area contributed by atoms with Crippen LogP contribution in [0.25, 0.3) is 0 Å². The Hall–Kier alpha value is -0.120. The summed E-state index contributed by atoms with van der Waals surface area (Å²) in [6.45, 7) is 4.09. The number of hydrogen-bond donors (Lipinski definition) is 1. The zero-order valence-corrected chi connectivity index (χ0v) is 6.86. The average Bonchev–Trinajstić information content (AvgIpc) is 2.26. The summed E-state index contributed by atoms with van der Waals surface area (Å²) in [5.74, 6) is 0.521. The van der Waals surface area contributed by atoms with Gasteiger partial charge in [-0.05, 0) is 19.3 Å². The highest BCUT2D eigenvalue weighted by atomic mass is 16.7. The molecule has 0 aromatic heterocycles. The molecule has 64 valence electrons. The zero-order valence-electron chi connectivity index (χ0n) is 6.86. The molecule has 2 heterocycles. The Labute approximate surface area is 66.3 Å². The molecule has 2 aliphatic rings. The second-order valence-corrected chi connectivity index (χ2v) is 3.58. The van der Waals surface area contributed by atoms with Crippen molar-refractivity contribution in [2.45, 2.75) is 44.9 Å². The Morgan fingerprint density at radius 2 is 2.00 bits per heavy atom. The molecule has 5 unspecified atom stereocenters.